The van der Waals surface area contributed by atoms with Crippen molar-refractivity contribution in [1.29, 1.82) is 0 Å². The molecule has 0 aliphatic rings. The van der Waals surface area contributed by atoms with Gasteiger partial charge >= 0.3 is 5.97 Å². The first kappa shape index (κ1) is 28.9. The first-order valence-electron chi connectivity index (χ1n) is 12.4. The Kier molecular flexibility index (Phi) is 9.26. The van der Waals surface area contributed by atoms with E-state index in [1.165, 1.54) is 25.9 Å². The maximum atomic E-state index is 13.8. The first-order chi connectivity index (χ1) is 19.4. The number of fused-ring (bicyclic) bond motifs is 1. The van der Waals surface area contributed by atoms with Gasteiger partial charge in [0.1, 0.15) is 34.6 Å². The van der Waals surface area contributed by atoms with Gasteiger partial charge in [-0.2, -0.15) is 0 Å². The summed E-state index contributed by atoms with van der Waals surface area (Å²) in [5.74, 6) is 0.295. The molecule has 2 heterocycles. The van der Waals surface area contributed by atoms with E-state index >= 15 is 0 Å². The van der Waals surface area contributed by atoms with Crippen molar-refractivity contribution < 1.29 is 34.0 Å². The summed E-state index contributed by atoms with van der Waals surface area (Å²) >= 11 is 6.41. The van der Waals surface area contributed by atoms with Crippen molar-refractivity contribution in [3.05, 3.63) is 81.0 Å². The van der Waals surface area contributed by atoms with E-state index in [-0.39, 0.29) is 48.9 Å². The van der Waals surface area contributed by atoms with Gasteiger partial charge in [0.25, 0.3) is 5.56 Å². The monoisotopic (exact) mass is 568 g/mol. The van der Waals surface area contributed by atoms with E-state index in [0.29, 0.717) is 45.1 Å². The number of nitrogens with zero attached hydrogens (tertiary/aromatic N) is 2. The fourth-order valence-electron chi connectivity index (χ4n) is 4.43. The molecule has 0 aliphatic carbocycles. The maximum absolute atomic E-state index is 13.8. The molecular formula is C29H29ClN2O8. The second-order valence-electron chi connectivity index (χ2n) is 8.72. The summed E-state index contributed by atoms with van der Waals surface area (Å²) in [5, 5.41) is 19.9. The van der Waals surface area contributed by atoms with Crippen LogP contribution in [-0.4, -0.2) is 53.7 Å². The highest BCUT2D eigenvalue weighted by molar-refractivity contribution is 6.33. The number of halogens is 1. The van der Waals surface area contributed by atoms with Crippen molar-refractivity contribution in [1.82, 2.24) is 9.55 Å². The van der Waals surface area contributed by atoms with E-state index in [9.17, 15) is 19.8 Å². The van der Waals surface area contributed by atoms with Crippen LogP contribution >= 0.6 is 11.6 Å². The quantitative estimate of drug-likeness (QED) is 0.258. The number of esters is 1. The molecule has 0 fully saturated rings. The van der Waals surface area contributed by atoms with E-state index in [4.69, 9.17) is 30.5 Å². The average Bonchev–Trinajstić information content (AvgIpc) is 2.99. The number of aliphatic hydroxyl groups excluding tert-OH is 2. The van der Waals surface area contributed by atoms with Gasteiger partial charge in [-0.1, -0.05) is 17.7 Å². The molecule has 0 amide bonds. The SMILES string of the molecule is COC(=O)c1c(-c2cc(OC)c(Cl)c(OC)c2)c2ccc(OCc3cccc(CO)n3)cc2c(=O)n1CCCO. The number of carbonyl (C=O) groups excluding carboxylic acids is 1. The molecule has 210 valence electrons. The number of benzene rings is 2. The minimum Gasteiger partial charge on any atom is -0.495 e. The van der Waals surface area contributed by atoms with Gasteiger partial charge in [-0.05, 0) is 59.8 Å². The molecule has 2 aromatic heterocycles. The zero-order valence-corrected chi connectivity index (χ0v) is 23.0. The molecule has 0 saturated carbocycles. The number of carbonyl (C=O) groups is 1. The number of aromatic nitrogens is 2. The lowest BCUT2D eigenvalue weighted by Crippen LogP contribution is -2.28. The van der Waals surface area contributed by atoms with Gasteiger partial charge in [0, 0.05) is 18.7 Å². The molecule has 2 aromatic carbocycles. The van der Waals surface area contributed by atoms with Crippen molar-refractivity contribution in [2.75, 3.05) is 27.9 Å². The van der Waals surface area contributed by atoms with Crippen LogP contribution in [0.15, 0.2) is 53.3 Å². The highest BCUT2D eigenvalue weighted by Gasteiger charge is 2.26. The van der Waals surface area contributed by atoms with Crippen LogP contribution < -0.4 is 19.8 Å². The third-order valence-corrected chi connectivity index (χ3v) is 6.68. The van der Waals surface area contributed by atoms with Gasteiger partial charge in [-0.25, -0.2) is 4.79 Å². The van der Waals surface area contributed by atoms with Crippen molar-refractivity contribution in [3.8, 4) is 28.4 Å². The second-order valence-corrected chi connectivity index (χ2v) is 9.10. The van der Waals surface area contributed by atoms with Gasteiger partial charge in [-0.3, -0.25) is 9.78 Å². The summed E-state index contributed by atoms with van der Waals surface area (Å²) in [5.41, 5.74) is 1.58. The minimum absolute atomic E-state index is 0.0126. The van der Waals surface area contributed by atoms with Crippen LogP contribution in [0.3, 0.4) is 0 Å². The van der Waals surface area contributed by atoms with Gasteiger partial charge in [0.2, 0.25) is 0 Å². The molecule has 0 aliphatic heterocycles. The largest absolute Gasteiger partial charge is 0.495 e. The predicted octanol–water partition coefficient (Wildman–Crippen LogP) is 3.97. The predicted molar refractivity (Wildman–Crippen MR) is 149 cm³/mol. The van der Waals surface area contributed by atoms with Crippen molar-refractivity contribution in [3.63, 3.8) is 0 Å². The van der Waals surface area contributed by atoms with E-state index in [1.807, 2.05) is 0 Å². The number of rotatable bonds is 11. The smallest absolute Gasteiger partial charge is 0.355 e. The topological polar surface area (TPSA) is 129 Å². The van der Waals surface area contributed by atoms with Crippen molar-refractivity contribution in [2.45, 2.75) is 26.2 Å². The third-order valence-electron chi connectivity index (χ3n) is 6.31. The Morgan fingerprint density at radius 2 is 1.68 bits per heavy atom. The van der Waals surface area contributed by atoms with E-state index < -0.39 is 11.5 Å². The Balaban J connectivity index is 1.96. The van der Waals surface area contributed by atoms with Crippen molar-refractivity contribution >= 4 is 28.3 Å². The van der Waals surface area contributed by atoms with Crippen LogP contribution in [0.4, 0.5) is 0 Å². The summed E-state index contributed by atoms with van der Waals surface area (Å²) in [6.07, 6.45) is 0.227. The van der Waals surface area contributed by atoms with Gasteiger partial charge < -0.3 is 33.7 Å². The fraction of sp³-hybridized carbons (Fsp3) is 0.276. The molecule has 2 N–H and O–H groups in total. The molecule has 40 heavy (non-hydrogen) atoms. The summed E-state index contributed by atoms with van der Waals surface area (Å²) in [7, 11) is 4.15. The zero-order valence-electron chi connectivity index (χ0n) is 22.3. The molecule has 11 heteroatoms. The Morgan fingerprint density at radius 1 is 0.975 bits per heavy atom. The van der Waals surface area contributed by atoms with Crippen LogP contribution in [-0.2, 0) is 24.5 Å². The Hall–Kier alpha value is -4.12. The summed E-state index contributed by atoms with van der Waals surface area (Å²) in [6, 6.07) is 13.5. The van der Waals surface area contributed by atoms with Gasteiger partial charge in [0.15, 0.2) is 0 Å². The van der Waals surface area contributed by atoms with E-state index in [2.05, 4.69) is 4.98 Å². The Bertz CT molecular complexity index is 1580. The van der Waals surface area contributed by atoms with E-state index in [1.54, 1.807) is 48.5 Å². The lowest BCUT2D eigenvalue weighted by molar-refractivity contribution is 0.0587. The minimum atomic E-state index is -0.727. The van der Waals surface area contributed by atoms with Crippen LogP contribution in [0, 0.1) is 0 Å². The number of aliphatic hydroxyl groups is 2. The van der Waals surface area contributed by atoms with Crippen molar-refractivity contribution in [2.24, 2.45) is 0 Å². The molecule has 10 nitrogen and oxygen atoms in total. The molecule has 0 bridgehead atoms. The maximum Gasteiger partial charge on any atom is 0.355 e. The molecule has 0 saturated heterocycles. The lowest BCUT2D eigenvalue weighted by atomic mass is 9.95. The summed E-state index contributed by atoms with van der Waals surface area (Å²) in [4.78, 5) is 31.3. The lowest BCUT2D eigenvalue weighted by Gasteiger charge is -2.20. The molecule has 4 aromatic rings. The number of pyridine rings is 2. The fourth-order valence-corrected chi connectivity index (χ4v) is 4.69. The van der Waals surface area contributed by atoms with Crippen LogP contribution in [0.5, 0.6) is 17.2 Å². The second kappa shape index (κ2) is 12.8. The number of hydrogen-bond donors (Lipinski definition) is 2. The molecule has 0 unspecified atom stereocenters. The Labute approximate surface area is 235 Å². The van der Waals surface area contributed by atoms with Crippen LogP contribution in [0.2, 0.25) is 5.02 Å². The molecule has 0 radical (unpaired) electrons. The summed E-state index contributed by atoms with van der Waals surface area (Å²) in [6.45, 7) is -0.209. The third kappa shape index (κ3) is 5.74. The molecule has 0 spiro atoms. The highest BCUT2D eigenvalue weighted by atomic mass is 35.5. The number of ether oxygens (including phenoxy) is 4. The summed E-state index contributed by atoms with van der Waals surface area (Å²) < 4.78 is 23.2. The zero-order chi connectivity index (χ0) is 28.8. The Morgan fingerprint density at radius 3 is 2.30 bits per heavy atom. The number of hydrogen-bond acceptors (Lipinski definition) is 9. The standard InChI is InChI=1S/C29H29ClN2O8/c1-37-23-12-17(13-24(38-2)26(23)30)25-21-9-8-20(40-16-19-7-4-6-18(15-34)31-19)14-22(21)28(35)32(10-5-11-33)27(25)29(36)39-3/h4,6-9,12-14,33-34H,5,10-11,15-16H2,1-3H3. The molecule has 0 atom stereocenters. The van der Waals surface area contributed by atoms with Gasteiger partial charge in [0.05, 0.1) is 44.7 Å². The molecule has 4 rings (SSSR count). The van der Waals surface area contributed by atoms with Gasteiger partial charge in [-0.15, -0.1) is 0 Å². The van der Waals surface area contributed by atoms with E-state index in [0.717, 1.165) is 0 Å². The highest BCUT2D eigenvalue weighted by Crippen LogP contribution is 2.42. The normalized spacial score (nSPS) is 10.9. The molecular weight excluding hydrogens is 540 g/mol. The first-order valence-corrected chi connectivity index (χ1v) is 12.7. The van der Waals surface area contributed by atoms with Crippen LogP contribution in [0.1, 0.15) is 28.3 Å². The number of methoxy groups -OCH3 is 3. The average molecular weight is 569 g/mol. The van der Waals surface area contributed by atoms with Crippen LogP contribution in [0.25, 0.3) is 21.9 Å².